The number of nitrogens with two attached hydrogens (primary N) is 1. The summed E-state index contributed by atoms with van der Waals surface area (Å²) >= 11 is 0. The first kappa shape index (κ1) is 20.2. The second-order valence-corrected chi connectivity index (χ2v) is 6.65. The smallest absolute Gasteiger partial charge is 0.318 e. The third kappa shape index (κ3) is 4.97. The molecule has 0 fully saturated rings. The predicted molar refractivity (Wildman–Crippen MR) is 101 cm³/mol. The van der Waals surface area contributed by atoms with Gasteiger partial charge in [-0.2, -0.15) is 0 Å². The van der Waals surface area contributed by atoms with Gasteiger partial charge in [-0.1, -0.05) is 38.1 Å². The largest absolute Gasteiger partial charge is 0.497 e. The van der Waals surface area contributed by atoms with Crippen LogP contribution < -0.4 is 15.8 Å². The number of ether oxygens (including phenoxy) is 2. The van der Waals surface area contributed by atoms with Crippen molar-refractivity contribution in [3.8, 4) is 5.75 Å². The summed E-state index contributed by atoms with van der Waals surface area (Å²) in [5, 5.41) is 3.90. The zero-order valence-electron chi connectivity index (χ0n) is 15.8. The molecule has 0 saturated carbocycles. The summed E-state index contributed by atoms with van der Waals surface area (Å²) in [5.74, 6) is -1.43. The van der Waals surface area contributed by atoms with E-state index in [4.69, 9.17) is 15.2 Å². The van der Waals surface area contributed by atoms with E-state index in [0.717, 1.165) is 22.1 Å². The normalized spacial score (nSPS) is 13.1. The van der Waals surface area contributed by atoms with Crippen LogP contribution in [0.4, 0.5) is 4.79 Å². The summed E-state index contributed by atoms with van der Waals surface area (Å²) in [5.41, 5.74) is 5.73. The monoisotopic (exact) mass is 372 g/mol. The van der Waals surface area contributed by atoms with Gasteiger partial charge >= 0.3 is 12.0 Å². The second-order valence-electron chi connectivity index (χ2n) is 6.65. The number of urea groups is 1. The maximum atomic E-state index is 12.5. The van der Waals surface area contributed by atoms with Crippen molar-refractivity contribution in [2.24, 2.45) is 11.7 Å². The predicted octanol–water partition coefficient (Wildman–Crippen LogP) is 2.71. The van der Waals surface area contributed by atoms with E-state index in [9.17, 15) is 14.4 Å². The maximum absolute atomic E-state index is 12.5. The number of carbonyl (C=O) groups excluding carboxylic acids is 3. The highest BCUT2D eigenvalue weighted by Crippen LogP contribution is 2.26. The first-order chi connectivity index (χ1) is 12.7. The molecule has 0 saturated heterocycles. The molecule has 3 amide bonds. The van der Waals surface area contributed by atoms with Crippen LogP contribution in [0.25, 0.3) is 10.8 Å². The minimum atomic E-state index is -1.10. The fraction of sp³-hybridized carbons (Fsp3) is 0.350. The van der Waals surface area contributed by atoms with E-state index in [-0.39, 0.29) is 5.92 Å². The van der Waals surface area contributed by atoms with Gasteiger partial charge < -0.3 is 15.2 Å². The van der Waals surface area contributed by atoms with Crippen molar-refractivity contribution in [1.29, 1.82) is 0 Å². The minimum absolute atomic E-state index is 0.315. The van der Waals surface area contributed by atoms with Crippen molar-refractivity contribution >= 4 is 28.7 Å². The SMILES string of the molecule is COc1ccc2cc([C@H](C)C(=O)O[C@@H](C(=O)NC(N)=O)C(C)C)ccc2c1. The van der Waals surface area contributed by atoms with Gasteiger partial charge in [-0.3, -0.25) is 14.9 Å². The zero-order chi connectivity index (χ0) is 20.1. The average Bonchev–Trinajstić information content (AvgIpc) is 2.63. The molecule has 0 aliphatic heterocycles. The molecule has 27 heavy (non-hydrogen) atoms. The molecule has 144 valence electrons. The van der Waals surface area contributed by atoms with E-state index in [2.05, 4.69) is 0 Å². The van der Waals surface area contributed by atoms with E-state index < -0.39 is 29.9 Å². The molecule has 0 radical (unpaired) electrons. The van der Waals surface area contributed by atoms with Crippen LogP contribution >= 0.6 is 0 Å². The van der Waals surface area contributed by atoms with Gasteiger partial charge in [-0.15, -0.1) is 0 Å². The Morgan fingerprint density at radius 2 is 1.63 bits per heavy atom. The average molecular weight is 372 g/mol. The Labute approximate surface area is 157 Å². The van der Waals surface area contributed by atoms with Crippen molar-refractivity contribution in [3.63, 3.8) is 0 Å². The number of nitrogens with one attached hydrogen (secondary N) is 1. The van der Waals surface area contributed by atoms with Gasteiger partial charge in [0.05, 0.1) is 13.0 Å². The fourth-order valence-electron chi connectivity index (χ4n) is 2.69. The number of hydrogen-bond acceptors (Lipinski definition) is 5. The van der Waals surface area contributed by atoms with E-state index in [1.807, 2.05) is 41.7 Å². The summed E-state index contributed by atoms with van der Waals surface area (Å²) in [6.45, 7) is 5.13. The van der Waals surface area contributed by atoms with Gasteiger partial charge in [0, 0.05) is 0 Å². The lowest BCUT2D eigenvalue weighted by atomic mass is 9.97. The number of imide groups is 1. The first-order valence-corrected chi connectivity index (χ1v) is 8.61. The van der Waals surface area contributed by atoms with Crippen molar-refractivity contribution in [2.45, 2.75) is 32.8 Å². The Morgan fingerprint density at radius 1 is 1.00 bits per heavy atom. The van der Waals surface area contributed by atoms with Gasteiger partial charge in [0.2, 0.25) is 0 Å². The Bertz CT molecular complexity index is 863. The van der Waals surface area contributed by atoms with Crippen LogP contribution in [0.5, 0.6) is 5.75 Å². The Kier molecular flexibility index (Phi) is 6.39. The Hall–Kier alpha value is -3.09. The van der Waals surface area contributed by atoms with Gasteiger partial charge in [0.25, 0.3) is 5.91 Å². The van der Waals surface area contributed by atoms with Crippen molar-refractivity contribution in [1.82, 2.24) is 5.32 Å². The highest BCUT2D eigenvalue weighted by Gasteiger charge is 2.29. The third-order valence-electron chi connectivity index (χ3n) is 4.28. The number of hydrogen-bond donors (Lipinski definition) is 2. The van der Waals surface area contributed by atoms with Gasteiger partial charge in [-0.25, -0.2) is 4.79 Å². The van der Waals surface area contributed by atoms with Crippen LogP contribution in [0.3, 0.4) is 0 Å². The number of esters is 1. The molecule has 0 unspecified atom stereocenters. The van der Waals surface area contributed by atoms with Crippen LogP contribution in [0, 0.1) is 5.92 Å². The van der Waals surface area contributed by atoms with E-state index in [1.54, 1.807) is 27.9 Å². The summed E-state index contributed by atoms with van der Waals surface area (Å²) in [6.07, 6.45) is -1.10. The fourth-order valence-corrected chi connectivity index (χ4v) is 2.69. The van der Waals surface area contributed by atoms with Gasteiger partial charge in [-0.05, 0) is 41.3 Å². The number of amides is 3. The summed E-state index contributed by atoms with van der Waals surface area (Å²) in [4.78, 5) is 35.5. The molecule has 0 aromatic heterocycles. The standard InChI is InChI=1S/C20H24N2O5/c1-11(2)17(18(23)22-20(21)25)27-19(24)12(3)13-5-6-15-10-16(26-4)8-7-14(15)9-13/h5-12,17H,1-4H3,(H3,21,22,23,25)/t12-,17+/m0/s1. The number of fused-ring (bicyclic) bond motifs is 1. The Morgan fingerprint density at radius 3 is 2.22 bits per heavy atom. The molecule has 0 aliphatic rings. The van der Waals surface area contributed by atoms with Crippen LogP contribution in [-0.4, -0.2) is 31.1 Å². The third-order valence-corrected chi connectivity index (χ3v) is 4.28. The van der Waals surface area contributed by atoms with Crippen molar-refractivity contribution in [2.75, 3.05) is 7.11 Å². The second kappa shape index (κ2) is 8.53. The number of primary amides is 1. The lowest BCUT2D eigenvalue weighted by molar-refractivity contribution is -0.159. The quantitative estimate of drug-likeness (QED) is 0.758. The first-order valence-electron chi connectivity index (χ1n) is 8.61. The highest BCUT2D eigenvalue weighted by atomic mass is 16.5. The lowest BCUT2D eigenvalue weighted by Gasteiger charge is -2.22. The molecule has 2 atom stereocenters. The topological polar surface area (TPSA) is 108 Å². The van der Waals surface area contributed by atoms with E-state index >= 15 is 0 Å². The molecule has 2 aromatic carbocycles. The summed E-state index contributed by atoms with van der Waals surface area (Å²) in [7, 11) is 1.60. The number of rotatable bonds is 6. The summed E-state index contributed by atoms with van der Waals surface area (Å²) in [6, 6.07) is 10.3. The van der Waals surface area contributed by atoms with Crippen LogP contribution in [0.1, 0.15) is 32.3 Å². The number of methoxy groups -OCH3 is 1. The van der Waals surface area contributed by atoms with Crippen molar-refractivity contribution in [3.05, 3.63) is 42.0 Å². The lowest BCUT2D eigenvalue weighted by Crippen LogP contribution is -2.46. The van der Waals surface area contributed by atoms with Crippen molar-refractivity contribution < 1.29 is 23.9 Å². The zero-order valence-corrected chi connectivity index (χ0v) is 15.8. The van der Waals surface area contributed by atoms with E-state index in [1.165, 1.54) is 0 Å². The summed E-state index contributed by atoms with van der Waals surface area (Å²) < 4.78 is 10.6. The minimum Gasteiger partial charge on any atom is -0.497 e. The van der Waals surface area contributed by atoms with Gasteiger partial charge in [0.1, 0.15) is 5.75 Å². The van der Waals surface area contributed by atoms with Crippen LogP contribution in [0.2, 0.25) is 0 Å². The van der Waals surface area contributed by atoms with Gasteiger partial charge in [0.15, 0.2) is 6.10 Å². The molecule has 2 rings (SSSR count). The Balaban J connectivity index is 2.18. The molecular formula is C20H24N2O5. The molecule has 0 spiro atoms. The molecule has 0 bridgehead atoms. The molecule has 2 aromatic rings. The molecule has 7 nitrogen and oxygen atoms in total. The highest BCUT2D eigenvalue weighted by molar-refractivity contribution is 5.97. The maximum Gasteiger partial charge on any atom is 0.318 e. The number of carbonyl (C=O) groups is 3. The van der Waals surface area contributed by atoms with E-state index in [0.29, 0.717) is 0 Å². The molecule has 0 aliphatic carbocycles. The molecule has 3 N–H and O–H groups in total. The molecular weight excluding hydrogens is 348 g/mol. The molecule has 0 heterocycles. The molecule has 7 heteroatoms. The van der Waals surface area contributed by atoms with Crippen LogP contribution in [0.15, 0.2) is 36.4 Å². The number of benzene rings is 2. The van der Waals surface area contributed by atoms with Crippen LogP contribution in [-0.2, 0) is 14.3 Å².